The number of nitrogens with two attached hydrogens (primary N) is 1. The Labute approximate surface area is 112 Å². The van der Waals surface area contributed by atoms with Crippen LogP contribution in [0.4, 0.5) is 5.69 Å². The highest BCUT2D eigenvalue weighted by Crippen LogP contribution is 2.04. The number of nitrogen functional groups attached to an aromatic ring is 1. The molecule has 104 valence electrons. The smallest absolute Gasteiger partial charge is 0.305 e. The lowest BCUT2D eigenvalue weighted by atomic mass is 10.2. The first-order valence-corrected chi connectivity index (χ1v) is 6.04. The second-order valence-electron chi connectivity index (χ2n) is 4.25. The van der Waals surface area contributed by atoms with Crippen LogP contribution in [0.3, 0.4) is 0 Å². The van der Waals surface area contributed by atoms with Gasteiger partial charge in [-0.25, -0.2) is 0 Å². The molecule has 1 aromatic heterocycles. The van der Waals surface area contributed by atoms with Crippen LogP contribution in [0.15, 0.2) is 18.3 Å². The number of hydrogen-bond donors (Lipinski definition) is 1. The summed E-state index contributed by atoms with van der Waals surface area (Å²) in [6, 6.07) is 3.45. The van der Waals surface area contributed by atoms with Crippen molar-refractivity contribution in [3.8, 4) is 0 Å². The Balaban J connectivity index is 2.36. The molecule has 0 aliphatic heterocycles. The Hall–Kier alpha value is -2.11. The number of methoxy groups -OCH3 is 1. The van der Waals surface area contributed by atoms with E-state index in [0.29, 0.717) is 30.8 Å². The third-order valence-corrected chi connectivity index (χ3v) is 2.71. The summed E-state index contributed by atoms with van der Waals surface area (Å²) in [5.74, 6) is -0.303. The monoisotopic (exact) mass is 265 g/mol. The predicted octanol–water partition coefficient (Wildman–Crippen LogP) is 0.618. The number of amides is 1. The maximum atomic E-state index is 11.9. The number of pyridine rings is 1. The number of aromatic nitrogens is 1. The van der Waals surface area contributed by atoms with E-state index >= 15 is 0 Å². The van der Waals surface area contributed by atoms with Crippen LogP contribution < -0.4 is 5.73 Å². The van der Waals surface area contributed by atoms with Gasteiger partial charge in [-0.3, -0.25) is 14.6 Å². The summed E-state index contributed by atoms with van der Waals surface area (Å²) >= 11 is 0. The lowest BCUT2D eigenvalue weighted by molar-refractivity contribution is -0.141. The highest BCUT2D eigenvalue weighted by atomic mass is 16.5. The molecule has 6 heteroatoms. The lowest BCUT2D eigenvalue weighted by Crippen LogP contribution is -2.29. The number of anilines is 1. The van der Waals surface area contributed by atoms with Crippen molar-refractivity contribution in [1.82, 2.24) is 9.88 Å². The fourth-order valence-corrected chi connectivity index (χ4v) is 1.52. The van der Waals surface area contributed by atoms with Crippen LogP contribution in [-0.2, 0) is 20.7 Å². The van der Waals surface area contributed by atoms with Crippen LogP contribution in [0.25, 0.3) is 0 Å². The maximum Gasteiger partial charge on any atom is 0.305 e. The molecule has 1 amide bonds. The third kappa shape index (κ3) is 5.37. The van der Waals surface area contributed by atoms with Crippen molar-refractivity contribution in [2.75, 3.05) is 26.4 Å². The number of carbonyl (C=O) groups is 2. The molecule has 1 rings (SSSR count). The second-order valence-corrected chi connectivity index (χ2v) is 4.25. The number of rotatable bonds is 6. The summed E-state index contributed by atoms with van der Waals surface area (Å²) in [7, 11) is 3.06. The maximum absolute atomic E-state index is 11.9. The van der Waals surface area contributed by atoms with Gasteiger partial charge in [0.05, 0.1) is 25.4 Å². The molecule has 1 heterocycles. The van der Waals surface area contributed by atoms with E-state index in [1.807, 2.05) is 0 Å². The molecule has 0 saturated heterocycles. The highest BCUT2D eigenvalue weighted by molar-refractivity contribution is 5.78. The van der Waals surface area contributed by atoms with Gasteiger partial charge in [0.1, 0.15) is 0 Å². The van der Waals surface area contributed by atoms with E-state index in [-0.39, 0.29) is 18.3 Å². The van der Waals surface area contributed by atoms with E-state index < -0.39 is 0 Å². The summed E-state index contributed by atoms with van der Waals surface area (Å²) in [5.41, 5.74) is 6.77. The summed E-state index contributed by atoms with van der Waals surface area (Å²) < 4.78 is 4.54. The zero-order chi connectivity index (χ0) is 14.3. The molecule has 0 aliphatic carbocycles. The Morgan fingerprint density at radius 2 is 2.16 bits per heavy atom. The zero-order valence-electron chi connectivity index (χ0n) is 11.3. The van der Waals surface area contributed by atoms with Gasteiger partial charge >= 0.3 is 5.97 Å². The minimum Gasteiger partial charge on any atom is -0.469 e. The van der Waals surface area contributed by atoms with Crippen LogP contribution in [-0.4, -0.2) is 42.5 Å². The minimum atomic E-state index is -0.263. The van der Waals surface area contributed by atoms with Crippen LogP contribution in [0, 0.1) is 0 Å². The number of likely N-dealkylation sites (N-methyl/N-ethyl adjacent to an activating group) is 1. The Morgan fingerprint density at radius 3 is 2.74 bits per heavy atom. The van der Waals surface area contributed by atoms with E-state index in [4.69, 9.17) is 5.73 Å². The van der Waals surface area contributed by atoms with Gasteiger partial charge in [-0.2, -0.15) is 0 Å². The van der Waals surface area contributed by atoms with E-state index in [1.165, 1.54) is 13.3 Å². The number of hydrogen-bond acceptors (Lipinski definition) is 5. The summed E-state index contributed by atoms with van der Waals surface area (Å²) in [5, 5.41) is 0. The zero-order valence-corrected chi connectivity index (χ0v) is 11.3. The van der Waals surface area contributed by atoms with Crippen molar-refractivity contribution in [2.24, 2.45) is 0 Å². The van der Waals surface area contributed by atoms with Crippen LogP contribution in [0.1, 0.15) is 18.5 Å². The molecule has 0 atom stereocenters. The Morgan fingerprint density at radius 1 is 1.42 bits per heavy atom. The Bertz CT molecular complexity index is 431. The average Bonchev–Trinajstić information content (AvgIpc) is 2.40. The van der Waals surface area contributed by atoms with E-state index in [0.717, 1.165) is 0 Å². The molecule has 0 radical (unpaired) electrons. The van der Waals surface area contributed by atoms with Crippen LogP contribution in [0.2, 0.25) is 0 Å². The molecule has 0 fully saturated rings. The number of esters is 1. The first kappa shape index (κ1) is 14.9. The average molecular weight is 265 g/mol. The fraction of sp³-hybridized carbons (Fsp3) is 0.462. The lowest BCUT2D eigenvalue weighted by Gasteiger charge is -2.16. The fourth-order valence-electron chi connectivity index (χ4n) is 1.52. The van der Waals surface area contributed by atoms with Crippen molar-refractivity contribution in [3.63, 3.8) is 0 Å². The molecule has 6 nitrogen and oxygen atoms in total. The van der Waals surface area contributed by atoms with Gasteiger partial charge in [0.25, 0.3) is 0 Å². The second kappa shape index (κ2) is 7.35. The van der Waals surface area contributed by atoms with Gasteiger partial charge in [0, 0.05) is 25.7 Å². The highest BCUT2D eigenvalue weighted by Gasteiger charge is 2.11. The van der Waals surface area contributed by atoms with E-state index in [9.17, 15) is 9.59 Å². The predicted molar refractivity (Wildman–Crippen MR) is 71.2 cm³/mol. The molecular formula is C13H19N3O3. The molecule has 1 aromatic rings. The Kier molecular flexibility index (Phi) is 5.78. The summed E-state index contributed by atoms with van der Waals surface area (Å²) in [6.07, 6.45) is 2.66. The van der Waals surface area contributed by atoms with Crippen molar-refractivity contribution in [3.05, 3.63) is 24.0 Å². The number of carbonyl (C=O) groups excluding carboxylic acids is 2. The largest absolute Gasteiger partial charge is 0.469 e. The van der Waals surface area contributed by atoms with Crippen molar-refractivity contribution in [2.45, 2.75) is 19.3 Å². The van der Waals surface area contributed by atoms with Gasteiger partial charge in [0.15, 0.2) is 0 Å². The molecule has 0 bridgehead atoms. The SMILES string of the molecule is COC(=O)CCCN(C)C(=O)Cc1ccc(N)cn1. The molecule has 0 aliphatic rings. The number of nitrogens with zero attached hydrogens (tertiary/aromatic N) is 2. The van der Waals surface area contributed by atoms with Gasteiger partial charge in [0.2, 0.25) is 5.91 Å². The summed E-state index contributed by atoms with van der Waals surface area (Å²) in [4.78, 5) is 28.5. The van der Waals surface area contributed by atoms with Crippen LogP contribution >= 0.6 is 0 Å². The van der Waals surface area contributed by atoms with E-state index in [2.05, 4.69) is 9.72 Å². The molecule has 2 N–H and O–H groups in total. The van der Waals surface area contributed by atoms with Crippen LogP contribution in [0.5, 0.6) is 0 Å². The molecule has 0 saturated carbocycles. The quantitative estimate of drug-likeness (QED) is 0.762. The first-order valence-electron chi connectivity index (χ1n) is 6.04. The minimum absolute atomic E-state index is 0.0397. The van der Waals surface area contributed by atoms with Crippen molar-refractivity contribution in [1.29, 1.82) is 0 Å². The van der Waals surface area contributed by atoms with Gasteiger partial charge < -0.3 is 15.4 Å². The standard InChI is InChI=1S/C13H19N3O3/c1-16(7-3-4-13(18)19-2)12(17)8-11-6-5-10(14)9-15-11/h5-6,9H,3-4,7-8,14H2,1-2H3. The number of ether oxygens (including phenoxy) is 1. The molecule has 0 unspecified atom stereocenters. The first-order chi connectivity index (χ1) is 9.02. The molecular weight excluding hydrogens is 246 g/mol. The third-order valence-electron chi connectivity index (χ3n) is 2.71. The van der Waals surface area contributed by atoms with Gasteiger partial charge in [-0.15, -0.1) is 0 Å². The van der Waals surface area contributed by atoms with Gasteiger partial charge in [-0.1, -0.05) is 0 Å². The van der Waals surface area contributed by atoms with Crippen molar-refractivity contribution >= 4 is 17.6 Å². The molecule has 19 heavy (non-hydrogen) atoms. The normalized spacial score (nSPS) is 10.0. The van der Waals surface area contributed by atoms with Crippen molar-refractivity contribution < 1.29 is 14.3 Å². The topological polar surface area (TPSA) is 85.5 Å². The molecule has 0 spiro atoms. The molecule has 0 aromatic carbocycles. The summed E-state index contributed by atoms with van der Waals surface area (Å²) in [6.45, 7) is 0.517. The van der Waals surface area contributed by atoms with E-state index in [1.54, 1.807) is 24.1 Å². The van der Waals surface area contributed by atoms with Gasteiger partial charge in [-0.05, 0) is 18.6 Å².